The topological polar surface area (TPSA) is 22.8 Å². The van der Waals surface area contributed by atoms with Gasteiger partial charge >= 0.3 is 0 Å². The van der Waals surface area contributed by atoms with Gasteiger partial charge in [-0.2, -0.15) is 0 Å². The van der Waals surface area contributed by atoms with Crippen molar-refractivity contribution in [3.05, 3.63) is 150 Å². The van der Waals surface area contributed by atoms with Crippen molar-refractivity contribution >= 4 is 71.1 Å². The van der Waals surface area contributed by atoms with E-state index in [9.17, 15) is 0 Å². The summed E-state index contributed by atoms with van der Waals surface area (Å²) in [6, 6.07) is 48.4. The first kappa shape index (κ1) is 24.9. The zero-order chi connectivity index (χ0) is 29.5. The van der Waals surface area contributed by atoms with Crippen LogP contribution in [0.25, 0.3) is 76.8 Å². The number of fused-ring (bicyclic) bond motifs is 9. The predicted octanol–water partition coefficient (Wildman–Crippen LogP) is 11.0. The standard InChI is InChI=1S/C41H27N3S/c1-5-15-35-28(10-1)29-11-2-6-16-36(29)43(35)27-21-23-40-33(25-27)32-24-26(20-22-39(32)45-40)34-14-9-19-41(42-34)44-37-17-7-3-12-30(37)31-13-4-8-18-38(31)44/h1-24,27H,25H2. The zero-order valence-electron chi connectivity index (χ0n) is 24.4. The van der Waals surface area contributed by atoms with Gasteiger partial charge in [0.05, 0.1) is 22.8 Å². The molecule has 1 atom stereocenters. The van der Waals surface area contributed by atoms with Crippen molar-refractivity contribution in [2.45, 2.75) is 12.5 Å². The second-order valence-corrected chi connectivity index (χ2v) is 13.0. The van der Waals surface area contributed by atoms with Crippen molar-refractivity contribution in [3.63, 3.8) is 0 Å². The Morgan fingerprint density at radius 3 is 1.84 bits per heavy atom. The average molecular weight is 594 g/mol. The zero-order valence-corrected chi connectivity index (χ0v) is 25.2. The maximum Gasteiger partial charge on any atom is 0.138 e. The fourth-order valence-corrected chi connectivity index (χ4v) is 8.64. The molecule has 0 bridgehead atoms. The molecular formula is C41H27N3S. The summed E-state index contributed by atoms with van der Waals surface area (Å²) in [5.41, 5.74) is 8.51. The molecule has 0 spiro atoms. The lowest BCUT2D eigenvalue weighted by Gasteiger charge is -2.21. The van der Waals surface area contributed by atoms with Gasteiger partial charge in [-0.15, -0.1) is 11.3 Å². The van der Waals surface area contributed by atoms with Crippen LogP contribution in [0.1, 0.15) is 16.5 Å². The van der Waals surface area contributed by atoms with Crippen LogP contribution in [0.3, 0.4) is 0 Å². The molecule has 4 aromatic heterocycles. The normalized spacial score (nSPS) is 14.7. The molecule has 0 fully saturated rings. The number of aromatic nitrogens is 3. The summed E-state index contributed by atoms with van der Waals surface area (Å²) in [5, 5.41) is 6.47. The molecule has 0 radical (unpaired) electrons. The third kappa shape index (κ3) is 3.66. The molecule has 4 heterocycles. The van der Waals surface area contributed by atoms with Crippen LogP contribution in [0.2, 0.25) is 0 Å². The Morgan fingerprint density at radius 2 is 1.18 bits per heavy atom. The third-order valence-corrected chi connectivity index (χ3v) is 10.7. The first-order valence-electron chi connectivity index (χ1n) is 15.5. The molecule has 0 saturated carbocycles. The van der Waals surface area contributed by atoms with E-state index in [0.717, 1.165) is 23.5 Å². The highest BCUT2D eigenvalue weighted by molar-refractivity contribution is 7.20. The van der Waals surface area contributed by atoms with Crippen molar-refractivity contribution in [3.8, 4) is 17.1 Å². The van der Waals surface area contributed by atoms with Crippen LogP contribution < -0.4 is 0 Å². The van der Waals surface area contributed by atoms with Crippen molar-refractivity contribution < 1.29 is 0 Å². The number of para-hydroxylation sites is 4. The fourth-order valence-electron chi connectivity index (χ4n) is 7.51. The molecule has 9 aromatic rings. The van der Waals surface area contributed by atoms with E-state index in [0.29, 0.717) is 0 Å². The van der Waals surface area contributed by atoms with Crippen LogP contribution >= 0.6 is 11.3 Å². The minimum absolute atomic E-state index is 0.250. The Balaban J connectivity index is 1.09. The summed E-state index contributed by atoms with van der Waals surface area (Å²) in [5.74, 6) is 0.937. The molecule has 3 nitrogen and oxygen atoms in total. The monoisotopic (exact) mass is 593 g/mol. The van der Waals surface area contributed by atoms with E-state index in [1.54, 1.807) is 0 Å². The molecule has 0 aliphatic heterocycles. The first-order valence-corrected chi connectivity index (χ1v) is 16.3. The van der Waals surface area contributed by atoms with E-state index in [4.69, 9.17) is 4.98 Å². The fraction of sp³-hybridized carbons (Fsp3) is 0.0488. The summed E-state index contributed by atoms with van der Waals surface area (Å²) < 4.78 is 6.16. The molecule has 212 valence electrons. The second-order valence-electron chi connectivity index (χ2n) is 11.9. The van der Waals surface area contributed by atoms with E-state index < -0.39 is 0 Å². The molecule has 45 heavy (non-hydrogen) atoms. The van der Waals surface area contributed by atoms with Crippen LogP contribution in [-0.4, -0.2) is 14.1 Å². The van der Waals surface area contributed by atoms with Crippen molar-refractivity contribution in [1.29, 1.82) is 0 Å². The Morgan fingerprint density at radius 1 is 0.578 bits per heavy atom. The molecule has 0 amide bonds. The largest absolute Gasteiger partial charge is 0.333 e. The summed E-state index contributed by atoms with van der Waals surface area (Å²) in [6.45, 7) is 0. The van der Waals surface area contributed by atoms with E-state index in [2.05, 4.69) is 155 Å². The summed E-state index contributed by atoms with van der Waals surface area (Å²) in [6.07, 6.45) is 5.71. The van der Waals surface area contributed by atoms with E-state index >= 15 is 0 Å². The van der Waals surface area contributed by atoms with Crippen LogP contribution in [0.15, 0.2) is 140 Å². The van der Waals surface area contributed by atoms with Crippen LogP contribution in [0.5, 0.6) is 0 Å². The highest BCUT2D eigenvalue weighted by Gasteiger charge is 2.23. The number of allylic oxidation sites excluding steroid dienone is 1. The highest BCUT2D eigenvalue weighted by atomic mass is 32.1. The number of benzene rings is 5. The lowest BCUT2D eigenvalue weighted by atomic mass is 9.95. The van der Waals surface area contributed by atoms with Gasteiger partial charge in [0, 0.05) is 47.7 Å². The van der Waals surface area contributed by atoms with Gasteiger partial charge in [-0.1, -0.05) is 91.0 Å². The number of hydrogen-bond donors (Lipinski definition) is 0. The third-order valence-electron chi connectivity index (χ3n) is 9.49. The Bertz CT molecular complexity index is 2540. The van der Waals surface area contributed by atoms with E-state index in [-0.39, 0.29) is 6.04 Å². The first-order chi connectivity index (χ1) is 22.3. The van der Waals surface area contributed by atoms with Gasteiger partial charge in [-0.25, -0.2) is 4.98 Å². The average Bonchev–Trinajstić information content (AvgIpc) is 3.75. The number of thiophene rings is 1. The lowest BCUT2D eigenvalue weighted by molar-refractivity contribution is 0.640. The molecule has 0 saturated heterocycles. The quantitative estimate of drug-likeness (QED) is 0.200. The number of hydrogen-bond acceptors (Lipinski definition) is 2. The maximum atomic E-state index is 5.26. The Hall–Kier alpha value is -5.45. The van der Waals surface area contributed by atoms with Crippen molar-refractivity contribution in [2.24, 2.45) is 0 Å². The van der Waals surface area contributed by atoms with Gasteiger partial charge in [0.1, 0.15) is 5.82 Å². The van der Waals surface area contributed by atoms with E-state index in [1.807, 2.05) is 11.3 Å². The molecule has 1 unspecified atom stereocenters. The smallest absolute Gasteiger partial charge is 0.138 e. The van der Waals surface area contributed by atoms with Gasteiger partial charge in [0.15, 0.2) is 0 Å². The molecular weight excluding hydrogens is 567 g/mol. The summed E-state index contributed by atoms with van der Waals surface area (Å²) >= 11 is 1.89. The van der Waals surface area contributed by atoms with Gasteiger partial charge < -0.3 is 4.57 Å². The SMILES string of the molecule is C1=CC(n2c3ccccc3c3ccccc32)Cc2c1sc1ccc(-c3cccc(-n4c5ccccc5c5ccccc54)n3)cc21. The van der Waals surface area contributed by atoms with Gasteiger partial charge in [-0.05, 0) is 72.0 Å². The van der Waals surface area contributed by atoms with Crippen molar-refractivity contribution in [2.75, 3.05) is 0 Å². The molecule has 10 rings (SSSR count). The minimum Gasteiger partial charge on any atom is -0.333 e. The van der Waals surface area contributed by atoms with E-state index in [1.165, 1.54) is 64.1 Å². The minimum atomic E-state index is 0.250. The number of rotatable bonds is 3. The number of pyridine rings is 1. The summed E-state index contributed by atoms with van der Waals surface area (Å²) in [4.78, 5) is 6.63. The van der Waals surface area contributed by atoms with Crippen LogP contribution in [0, 0.1) is 0 Å². The van der Waals surface area contributed by atoms with Gasteiger partial charge in [0.25, 0.3) is 0 Å². The molecule has 0 N–H and O–H groups in total. The molecule has 1 aliphatic rings. The second kappa shape index (κ2) is 9.52. The molecule has 1 aliphatic carbocycles. The highest BCUT2D eigenvalue weighted by Crippen LogP contribution is 2.42. The Kier molecular flexibility index (Phi) is 5.28. The lowest BCUT2D eigenvalue weighted by Crippen LogP contribution is -2.12. The predicted molar refractivity (Wildman–Crippen MR) is 191 cm³/mol. The number of nitrogens with zero attached hydrogens (tertiary/aromatic N) is 3. The maximum absolute atomic E-state index is 5.26. The van der Waals surface area contributed by atoms with Crippen molar-refractivity contribution in [1.82, 2.24) is 14.1 Å². The van der Waals surface area contributed by atoms with Gasteiger partial charge in [-0.3, -0.25) is 4.57 Å². The summed E-state index contributed by atoms with van der Waals surface area (Å²) in [7, 11) is 0. The van der Waals surface area contributed by atoms with Crippen LogP contribution in [-0.2, 0) is 6.42 Å². The van der Waals surface area contributed by atoms with Gasteiger partial charge in [0.2, 0.25) is 0 Å². The Labute approximate surface area is 263 Å². The van der Waals surface area contributed by atoms with Crippen LogP contribution in [0.4, 0.5) is 0 Å². The molecule has 5 aromatic carbocycles. The molecule has 4 heteroatoms.